The molecule has 3 unspecified atom stereocenters. The number of likely N-dealkylation sites (N-methyl/N-ethyl adjacent to an activating group) is 1. The number of nitrogens with two attached hydrogens (primary N) is 1. The number of hydrogen-bond acceptors (Lipinski definition) is 4. The maximum absolute atomic E-state index is 5.93. The van der Waals surface area contributed by atoms with Gasteiger partial charge in [-0.1, -0.05) is 0 Å². The van der Waals surface area contributed by atoms with Gasteiger partial charge in [0.1, 0.15) is 11.5 Å². The second kappa shape index (κ2) is 5.87. The normalized spacial score (nSPS) is 25.8. The van der Waals surface area contributed by atoms with Crippen LogP contribution >= 0.6 is 0 Å². The van der Waals surface area contributed by atoms with Gasteiger partial charge in [0, 0.05) is 12.6 Å². The van der Waals surface area contributed by atoms with Gasteiger partial charge in [0.25, 0.3) is 0 Å². The van der Waals surface area contributed by atoms with E-state index in [0.717, 1.165) is 30.9 Å². The summed E-state index contributed by atoms with van der Waals surface area (Å²) in [4.78, 5) is 2.24. The van der Waals surface area contributed by atoms with E-state index in [0.29, 0.717) is 12.6 Å². The van der Waals surface area contributed by atoms with Gasteiger partial charge in [-0.25, -0.2) is 0 Å². The van der Waals surface area contributed by atoms with Crippen molar-refractivity contribution in [2.24, 2.45) is 5.73 Å². The Morgan fingerprint density at radius 3 is 2.72 bits per heavy atom. The molecule has 1 fully saturated rings. The molecule has 0 saturated carbocycles. The van der Waals surface area contributed by atoms with E-state index in [-0.39, 0.29) is 12.1 Å². The van der Waals surface area contributed by atoms with Crippen molar-refractivity contribution in [1.82, 2.24) is 4.90 Å². The number of hydrogen-bond donors (Lipinski definition) is 1. The molecule has 0 aromatic carbocycles. The second-order valence-electron chi connectivity index (χ2n) is 5.29. The van der Waals surface area contributed by atoms with E-state index in [9.17, 15) is 0 Å². The lowest BCUT2D eigenvalue weighted by Crippen LogP contribution is -2.46. The summed E-state index contributed by atoms with van der Waals surface area (Å²) in [6.45, 7) is 5.49. The summed E-state index contributed by atoms with van der Waals surface area (Å²) < 4.78 is 11.5. The first-order valence-electron chi connectivity index (χ1n) is 6.71. The van der Waals surface area contributed by atoms with Crippen LogP contribution in [0.5, 0.6) is 0 Å². The molecule has 1 aromatic heterocycles. The van der Waals surface area contributed by atoms with Crippen molar-refractivity contribution in [2.45, 2.75) is 51.5 Å². The third kappa shape index (κ3) is 3.13. The zero-order chi connectivity index (χ0) is 13.1. The van der Waals surface area contributed by atoms with Gasteiger partial charge in [0.05, 0.1) is 18.8 Å². The van der Waals surface area contributed by atoms with Crippen LogP contribution in [-0.2, 0) is 11.3 Å². The fourth-order valence-corrected chi connectivity index (χ4v) is 2.67. The summed E-state index contributed by atoms with van der Waals surface area (Å²) in [5, 5.41) is 0. The van der Waals surface area contributed by atoms with E-state index < -0.39 is 0 Å². The van der Waals surface area contributed by atoms with Crippen molar-refractivity contribution >= 4 is 0 Å². The first-order valence-corrected chi connectivity index (χ1v) is 6.71. The Balaban J connectivity index is 1.95. The van der Waals surface area contributed by atoms with E-state index in [1.807, 2.05) is 19.1 Å². The Morgan fingerprint density at radius 2 is 2.22 bits per heavy atom. The zero-order valence-electron chi connectivity index (χ0n) is 11.6. The molecule has 0 spiro atoms. The molecule has 0 bridgehead atoms. The third-order valence-corrected chi connectivity index (χ3v) is 3.70. The van der Waals surface area contributed by atoms with Crippen molar-refractivity contribution in [3.63, 3.8) is 0 Å². The average molecular weight is 252 g/mol. The predicted octanol–water partition coefficient (Wildman–Crippen LogP) is 1.91. The Bertz CT molecular complexity index is 378. The maximum atomic E-state index is 5.93. The molecule has 1 aliphatic rings. The summed E-state index contributed by atoms with van der Waals surface area (Å²) in [5.74, 6) is 1.94. The monoisotopic (exact) mass is 252 g/mol. The third-order valence-electron chi connectivity index (χ3n) is 3.70. The molecule has 18 heavy (non-hydrogen) atoms. The summed E-state index contributed by atoms with van der Waals surface area (Å²) in [7, 11) is 2.09. The van der Waals surface area contributed by atoms with E-state index in [2.05, 4.69) is 18.9 Å². The van der Waals surface area contributed by atoms with Crippen molar-refractivity contribution in [2.75, 3.05) is 13.6 Å². The Labute approximate surface area is 109 Å². The lowest BCUT2D eigenvalue weighted by molar-refractivity contribution is -0.000575. The van der Waals surface area contributed by atoms with Gasteiger partial charge in [0.15, 0.2) is 0 Å². The number of aryl methyl sites for hydroxylation is 1. The summed E-state index contributed by atoms with van der Waals surface area (Å²) in [6, 6.07) is 4.28. The van der Waals surface area contributed by atoms with E-state index in [1.54, 1.807) is 0 Å². The van der Waals surface area contributed by atoms with Crippen molar-refractivity contribution in [3.05, 3.63) is 23.7 Å². The maximum Gasteiger partial charge on any atom is 0.118 e. The van der Waals surface area contributed by atoms with Gasteiger partial charge in [-0.2, -0.15) is 0 Å². The number of nitrogens with zero attached hydrogens (tertiary/aromatic N) is 1. The molecule has 4 heteroatoms. The van der Waals surface area contributed by atoms with E-state index >= 15 is 0 Å². The molecule has 1 aromatic rings. The van der Waals surface area contributed by atoms with Crippen molar-refractivity contribution in [1.29, 1.82) is 0 Å². The number of ether oxygens (including phenoxy) is 1. The Hall–Kier alpha value is -0.840. The number of furan rings is 1. The predicted molar refractivity (Wildman–Crippen MR) is 71.3 cm³/mol. The SMILES string of the molecule is Cc1ccc(CN(C)C(CN)C2CCC(C)O2)o1. The second-order valence-corrected chi connectivity index (χ2v) is 5.29. The fraction of sp³-hybridized carbons (Fsp3) is 0.714. The fourth-order valence-electron chi connectivity index (χ4n) is 2.67. The highest BCUT2D eigenvalue weighted by Gasteiger charge is 2.31. The van der Waals surface area contributed by atoms with Crippen LogP contribution in [0.4, 0.5) is 0 Å². The van der Waals surface area contributed by atoms with Crippen LogP contribution in [0.3, 0.4) is 0 Å². The lowest BCUT2D eigenvalue weighted by atomic mass is 10.1. The molecule has 4 nitrogen and oxygen atoms in total. The Morgan fingerprint density at radius 1 is 1.44 bits per heavy atom. The topological polar surface area (TPSA) is 51.6 Å². The molecule has 2 N–H and O–H groups in total. The largest absolute Gasteiger partial charge is 0.465 e. The molecule has 0 radical (unpaired) electrons. The van der Waals surface area contributed by atoms with Gasteiger partial charge in [-0.15, -0.1) is 0 Å². The average Bonchev–Trinajstić information content (AvgIpc) is 2.89. The van der Waals surface area contributed by atoms with Crippen LogP contribution in [0, 0.1) is 6.92 Å². The molecule has 0 aliphatic carbocycles. The van der Waals surface area contributed by atoms with Gasteiger partial charge < -0.3 is 14.9 Å². The van der Waals surface area contributed by atoms with Crippen LogP contribution in [0.25, 0.3) is 0 Å². The molecule has 102 valence electrons. The highest BCUT2D eigenvalue weighted by molar-refractivity contribution is 5.05. The Kier molecular flexibility index (Phi) is 4.43. The van der Waals surface area contributed by atoms with E-state index in [4.69, 9.17) is 14.9 Å². The standard InChI is InChI=1S/C14H24N2O2/c1-10-4-6-12(17-10)9-16(3)13(8-15)14-7-5-11(2)18-14/h4,6,11,13-14H,5,7-9,15H2,1-3H3. The van der Waals surface area contributed by atoms with Crippen LogP contribution in [0.1, 0.15) is 31.3 Å². The van der Waals surface area contributed by atoms with Crippen molar-refractivity contribution in [3.8, 4) is 0 Å². The van der Waals surface area contributed by atoms with E-state index in [1.165, 1.54) is 0 Å². The molecular formula is C14H24N2O2. The molecule has 2 rings (SSSR count). The minimum Gasteiger partial charge on any atom is -0.465 e. The smallest absolute Gasteiger partial charge is 0.118 e. The summed E-state index contributed by atoms with van der Waals surface area (Å²) >= 11 is 0. The van der Waals surface area contributed by atoms with Gasteiger partial charge in [-0.05, 0) is 45.9 Å². The highest BCUT2D eigenvalue weighted by Crippen LogP contribution is 2.24. The molecule has 0 amide bonds. The molecule has 2 heterocycles. The molecule has 3 atom stereocenters. The van der Waals surface area contributed by atoms with Crippen LogP contribution < -0.4 is 5.73 Å². The van der Waals surface area contributed by atoms with Crippen LogP contribution in [0.15, 0.2) is 16.5 Å². The minimum atomic E-state index is 0.256. The van der Waals surface area contributed by atoms with Crippen molar-refractivity contribution < 1.29 is 9.15 Å². The van der Waals surface area contributed by atoms with Crippen LogP contribution in [-0.4, -0.2) is 36.7 Å². The first-order chi connectivity index (χ1) is 8.60. The number of rotatable bonds is 5. The molecule has 1 aliphatic heterocycles. The van der Waals surface area contributed by atoms with Gasteiger partial charge >= 0.3 is 0 Å². The quantitative estimate of drug-likeness (QED) is 0.870. The van der Waals surface area contributed by atoms with Crippen LogP contribution in [0.2, 0.25) is 0 Å². The molecular weight excluding hydrogens is 228 g/mol. The minimum absolute atomic E-state index is 0.256. The zero-order valence-corrected chi connectivity index (χ0v) is 11.6. The summed E-state index contributed by atoms with van der Waals surface area (Å²) in [6.07, 6.45) is 2.86. The first kappa shape index (κ1) is 13.6. The van der Waals surface area contributed by atoms with Gasteiger partial charge in [-0.3, -0.25) is 4.90 Å². The summed E-state index contributed by atoms with van der Waals surface area (Å²) in [5.41, 5.74) is 5.91. The lowest BCUT2D eigenvalue weighted by Gasteiger charge is -2.30. The molecule has 1 saturated heterocycles. The van der Waals surface area contributed by atoms with Gasteiger partial charge in [0.2, 0.25) is 0 Å². The highest BCUT2D eigenvalue weighted by atomic mass is 16.5.